The first-order chi connectivity index (χ1) is 9.28. The fourth-order valence-corrected chi connectivity index (χ4v) is 4.31. The SMILES string of the molecule is CNc1ncc(Br)cc1S(=O)(=O)NC1(C)CCOC1C. The van der Waals surface area contributed by atoms with E-state index >= 15 is 0 Å². The van der Waals surface area contributed by atoms with E-state index < -0.39 is 15.6 Å². The monoisotopic (exact) mass is 363 g/mol. The van der Waals surface area contributed by atoms with Crippen LogP contribution in [0, 0.1) is 0 Å². The number of hydrogen-bond acceptors (Lipinski definition) is 5. The van der Waals surface area contributed by atoms with Crippen molar-refractivity contribution in [1.29, 1.82) is 0 Å². The molecule has 2 N–H and O–H groups in total. The molecule has 2 atom stereocenters. The number of sulfonamides is 1. The molecule has 1 aliphatic rings. The number of halogens is 1. The molecule has 2 unspecified atom stereocenters. The summed E-state index contributed by atoms with van der Waals surface area (Å²) in [6, 6.07) is 1.53. The Morgan fingerprint density at radius 2 is 2.25 bits per heavy atom. The maximum absolute atomic E-state index is 12.6. The number of ether oxygens (including phenoxy) is 1. The van der Waals surface area contributed by atoms with E-state index in [0.29, 0.717) is 23.3 Å². The summed E-state index contributed by atoms with van der Waals surface area (Å²) in [5, 5.41) is 2.80. The van der Waals surface area contributed by atoms with Gasteiger partial charge in [-0.2, -0.15) is 0 Å². The average Bonchev–Trinajstić information content (AvgIpc) is 2.68. The van der Waals surface area contributed by atoms with Crippen molar-refractivity contribution in [2.75, 3.05) is 19.0 Å². The van der Waals surface area contributed by atoms with Gasteiger partial charge in [-0.25, -0.2) is 18.1 Å². The number of nitrogens with one attached hydrogen (secondary N) is 2. The van der Waals surface area contributed by atoms with Crippen LogP contribution in [-0.2, 0) is 14.8 Å². The Morgan fingerprint density at radius 1 is 1.55 bits per heavy atom. The Hall–Kier alpha value is -0.700. The third-order valence-electron chi connectivity index (χ3n) is 3.60. The molecule has 1 aromatic heterocycles. The highest BCUT2D eigenvalue weighted by Gasteiger charge is 2.41. The zero-order chi connectivity index (χ0) is 15.0. The molecule has 0 radical (unpaired) electrons. The summed E-state index contributed by atoms with van der Waals surface area (Å²) in [7, 11) is -2.05. The van der Waals surface area contributed by atoms with Crippen molar-refractivity contribution in [2.45, 2.75) is 36.8 Å². The molecule has 112 valence electrons. The lowest BCUT2D eigenvalue weighted by Gasteiger charge is -2.28. The zero-order valence-corrected chi connectivity index (χ0v) is 14.0. The van der Waals surface area contributed by atoms with Gasteiger partial charge in [0.25, 0.3) is 0 Å². The summed E-state index contributed by atoms with van der Waals surface area (Å²) in [5.74, 6) is 0.316. The molecule has 0 amide bonds. The fourth-order valence-electron chi connectivity index (χ4n) is 2.14. The molecule has 2 rings (SSSR count). The van der Waals surface area contributed by atoms with Crippen LogP contribution >= 0.6 is 15.9 Å². The predicted octanol–water partition coefficient (Wildman–Crippen LogP) is 1.73. The van der Waals surface area contributed by atoms with Crippen molar-refractivity contribution in [1.82, 2.24) is 9.71 Å². The van der Waals surface area contributed by atoms with E-state index in [-0.39, 0.29) is 11.0 Å². The third-order valence-corrected chi connectivity index (χ3v) is 5.66. The van der Waals surface area contributed by atoms with E-state index in [2.05, 4.69) is 31.0 Å². The first-order valence-corrected chi connectivity index (χ1v) is 8.55. The normalized spacial score (nSPS) is 26.7. The number of rotatable bonds is 4. The molecular formula is C12H18BrN3O3S. The highest BCUT2D eigenvalue weighted by molar-refractivity contribution is 9.10. The Balaban J connectivity index is 2.38. The second-order valence-corrected chi connectivity index (χ2v) is 7.60. The molecule has 0 aliphatic carbocycles. The number of aromatic nitrogens is 1. The van der Waals surface area contributed by atoms with E-state index in [9.17, 15) is 8.42 Å². The van der Waals surface area contributed by atoms with Crippen LogP contribution < -0.4 is 10.0 Å². The highest BCUT2D eigenvalue weighted by Crippen LogP contribution is 2.29. The van der Waals surface area contributed by atoms with Crippen molar-refractivity contribution >= 4 is 31.8 Å². The molecule has 1 saturated heterocycles. The van der Waals surface area contributed by atoms with Crippen LogP contribution in [0.25, 0.3) is 0 Å². The predicted molar refractivity (Wildman–Crippen MR) is 80.2 cm³/mol. The van der Waals surface area contributed by atoms with Gasteiger partial charge in [-0.3, -0.25) is 0 Å². The smallest absolute Gasteiger partial charge is 0.244 e. The van der Waals surface area contributed by atoms with Crippen LogP contribution in [0.5, 0.6) is 0 Å². The number of pyridine rings is 1. The summed E-state index contributed by atoms with van der Waals surface area (Å²) in [6.07, 6.45) is 2.02. The molecule has 0 aromatic carbocycles. The largest absolute Gasteiger partial charge is 0.376 e. The maximum Gasteiger partial charge on any atom is 0.244 e. The molecular weight excluding hydrogens is 346 g/mol. The van der Waals surface area contributed by atoms with Crippen molar-refractivity contribution in [2.24, 2.45) is 0 Å². The Kier molecular flexibility index (Phi) is 4.38. The van der Waals surface area contributed by atoms with E-state index in [4.69, 9.17) is 4.74 Å². The van der Waals surface area contributed by atoms with Crippen LogP contribution in [0.2, 0.25) is 0 Å². The minimum Gasteiger partial charge on any atom is -0.376 e. The first kappa shape index (κ1) is 15.7. The number of anilines is 1. The highest BCUT2D eigenvalue weighted by atomic mass is 79.9. The first-order valence-electron chi connectivity index (χ1n) is 6.27. The minimum atomic E-state index is -3.69. The lowest BCUT2D eigenvalue weighted by Crippen LogP contribution is -2.50. The van der Waals surface area contributed by atoms with Gasteiger partial charge in [0, 0.05) is 24.3 Å². The van der Waals surface area contributed by atoms with Gasteiger partial charge < -0.3 is 10.1 Å². The molecule has 0 bridgehead atoms. The van der Waals surface area contributed by atoms with Crippen molar-refractivity contribution < 1.29 is 13.2 Å². The average molecular weight is 364 g/mol. The van der Waals surface area contributed by atoms with Crippen LogP contribution in [0.15, 0.2) is 21.6 Å². The Bertz CT molecular complexity index is 608. The summed E-state index contributed by atoms with van der Waals surface area (Å²) in [6.45, 7) is 4.27. The summed E-state index contributed by atoms with van der Waals surface area (Å²) >= 11 is 3.25. The molecule has 8 heteroatoms. The van der Waals surface area contributed by atoms with Gasteiger partial charge in [-0.15, -0.1) is 0 Å². The lowest BCUT2D eigenvalue weighted by atomic mass is 9.97. The molecule has 6 nitrogen and oxygen atoms in total. The number of hydrogen-bond donors (Lipinski definition) is 2. The molecule has 0 saturated carbocycles. The topological polar surface area (TPSA) is 80.3 Å². The fraction of sp³-hybridized carbons (Fsp3) is 0.583. The van der Waals surface area contributed by atoms with Crippen LogP contribution in [-0.4, -0.2) is 38.7 Å². The van der Waals surface area contributed by atoms with Crippen LogP contribution in [0.3, 0.4) is 0 Å². The van der Waals surface area contributed by atoms with Crippen molar-refractivity contribution in [3.63, 3.8) is 0 Å². The summed E-state index contributed by atoms with van der Waals surface area (Å²) < 4.78 is 34.0. The quantitative estimate of drug-likeness (QED) is 0.851. The van der Waals surface area contributed by atoms with E-state index in [1.54, 1.807) is 13.2 Å². The van der Waals surface area contributed by atoms with Gasteiger partial charge in [0.05, 0.1) is 11.6 Å². The number of nitrogens with zero attached hydrogens (tertiary/aromatic N) is 1. The maximum atomic E-state index is 12.6. The summed E-state index contributed by atoms with van der Waals surface area (Å²) in [5.41, 5.74) is -0.605. The summed E-state index contributed by atoms with van der Waals surface area (Å²) in [4.78, 5) is 4.19. The zero-order valence-electron chi connectivity index (χ0n) is 11.6. The molecule has 0 spiro atoms. The standard InChI is InChI=1S/C12H18BrN3O3S/c1-8-12(2,4-5-19-8)16-20(17,18)10-6-9(13)7-15-11(10)14-3/h6-8,16H,4-5H2,1-3H3,(H,14,15). The third kappa shape index (κ3) is 2.98. The van der Waals surface area contributed by atoms with Crippen molar-refractivity contribution in [3.05, 3.63) is 16.7 Å². The minimum absolute atomic E-state index is 0.120. The Morgan fingerprint density at radius 3 is 2.80 bits per heavy atom. The molecule has 2 heterocycles. The van der Waals surface area contributed by atoms with E-state index in [1.165, 1.54) is 6.07 Å². The second kappa shape index (κ2) is 5.59. The van der Waals surface area contributed by atoms with Gasteiger partial charge in [-0.1, -0.05) is 0 Å². The van der Waals surface area contributed by atoms with E-state index in [0.717, 1.165) is 0 Å². The molecule has 1 fully saturated rings. The van der Waals surface area contributed by atoms with Gasteiger partial charge >= 0.3 is 0 Å². The molecule has 20 heavy (non-hydrogen) atoms. The molecule has 1 aromatic rings. The van der Waals surface area contributed by atoms with E-state index in [1.807, 2.05) is 13.8 Å². The van der Waals surface area contributed by atoms with Crippen LogP contribution in [0.4, 0.5) is 5.82 Å². The van der Waals surface area contributed by atoms with Gasteiger partial charge in [0.1, 0.15) is 10.7 Å². The van der Waals surface area contributed by atoms with Crippen molar-refractivity contribution in [3.8, 4) is 0 Å². The molecule has 1 aliphatic heterocycles. The Labute approximate surface area is 127 Å². The van der Waals surface area contributed by atoms with Gasteiger partial charge in [0.15, 0.2) is 0 Å². The second-order valence-electron chi connectivity index (χ2n) is 5.04. The van der Waals surface area contributed by atoms with Gasteiger partial charge in [0.2, 0.25) is 10.0 Å². The van der Waals surface area contributed by atoms with Crippen LogP contribution in [0.1, 0.15) is 20.3 Å². The van der Waals surface area contributed by atoms with Gasteiger partial charge in [-0.05, 0) is 42.3 Å². The lowest BCUT2D eigenvalue weighted by molar-refractivity contribution is 0.0957.